The summed E-state index contributed by atoms with van der Waals surface area (Å²) in [5.41, 5.74) is 2.01. The molecule has 1 amide bonds. The van der Waals surface area contributed by atoms with Crippen molar-refractivity contribution in [3.05, 3.63) is 34.7 Å². The van der Waals surface area contributed by atoms with Crippen LogP contribution in [0, 0.1) is 5.92 Å². The number of pyridine rings is 1. The van der Waals surface area contributed by atoms with Crippen molar-refractivity contribution in [2.75, 3.05) is 13.1 Å². The number of likely N-dealkylation sites (tertiary alicyclic amines) is 1. The van der Waals surface area contributed by atoms with E-state index in [1.165, 1.54) is 0 Å². The summed E-state index contributed by atoms with van der Waals surface area (Å²) in [6.45, 7) is 6.90. The van der Waals surface area contributed by atoms with Crippen LogP contribution in [0.25, 0.3) is 5.65 Å². The topological polar surface area (TPSA) is 49.6 Å². The minimum absolute atomic E-state index is 0.0965. The van der Waals surface area contributed by atoms with Crippen LogP contribution in [0.3, 0.4) is 0 Å². The number of rotatable bonds is 6. The molecule has 1 aliphatic rings. The van der Waals surface area contributed by atoms with Crippen molar-refractivity contribution < 1.29 is 4.79 Å². The third-order valence-corrected chi connectivity index (χ3v) is 5.31. The van der Waals surface area contributed by atoms with Gasteiger partial charge in [-0.05, 0) is 60.8 Å². The fourth-order valence-electron chi connectivity index (χ4n) is 3.60. The van der Waals surface area contributed by atoms with E-state index in [1.54, 1.807) is 0 Å². The maximum Gasteiger partial charge on any atom is 0.224 e. The highest BCUT2D eigenvalue weighted by atomic mass is 79.9. The molecule has 6 heteroatoms. The Kier molecular flexibility index (Phi) is 6.12. The maximum absolute atomic E-state index is 12.5. The summed E-state index contributed by atoms with van der Waals surface area (Å²) in [5.74, 6) is 0.309. The SMILES string of the molecule is CCCC(C)NC(=O)C1CCCN(Cc2cn3cc(Br)ccc3n2)C1. The third-order valence-electron chi connectivity index (χ3n) is 4.84. The second-order valence-electron chi connectivity index (χ2n) is 7.12. The van der Waals surface area contributed by atoms with Gasteiger partial charge < -0.3 is 9.72 Å². The van der Waals surface area contributed by atoms with E-state index in [-0.39, 0.29) is 17.9 Å². The Balaban J connectivity index is 1.59. The first kappa shape index (κ1) is 18.4. The van der Waals surface area contributed by atoms with Crippen molar-refractivity contribution in [3.8, 4) is 0 Å². The van der Waals surface area contributed by atoms with Gasteiger partial charge in [-0.25, -0.2) is 4.98 Å². The summed E-state index contributed by atoms with van der Waals surface area (Å²) in [7, 11) is 0. The van der Waals surface area contributed by atoms with Crippen LogP contribution in [0.1, 0.15) is 45.2 Å². The van der Waals surface area contributed by atoms with E-state index in [2.05, 4.69) is 46.2 Å². The first-order valence-corrected chi connectivity index (χ1v) is 10.0. The molecule has 1 N–H and O–H groups in total. The van der Waals surface area contributed by atoms with Crippen LogP contribution >= 0.6 is 15.9 Å². The zero-order chi connectivity index (χ0) is 17.8. The van der Waals surface area contributed by atoms with E-state index in [4.69, 9.17) is 4.98 Å². The zero-order valence-electron chi connectivity index (χ0n) is 15.0. The van der Waals surface area contributed by atoms with Crippen LogP contribution < -0.4 is 5.32 Å². The lowest BCUT2D eigenvalue weighted by molar-refractivity contribution is -0.127. The number of nitrogens with zero attached hydrogens (tertiary/aromatic N) is 3. The average molecular weight is 407 g/mol. The minimum Gasteiger partial charge on any atom is -0.353 e. The number of piperidine rings is 1. The molecule has 0 bridgehead atoms. The molecule has 136 valence electrons. The standard InChI is InChI=1S/C19H27BrN4O/c1-3-5-14(2)21-19(25)15-6-4-9-23(10-15)12-17-13-24-11-16(20)7-8-18(24)22-17/h7-8,11,13-15H,3-6,9-10,12H2,1-2H3,(H,21,25). The van der Waals surface area contributed by atoms with E-state index in [1.807, 2.05) is 22.7 Å². The molecule has 2 aromatic heterocycles. The number of halogens is 1. The van der Waals surface area contributed by atoms with Crippen molar-refractivity contribution in [3.63, 3.8) is 0 Å². The first-order chi connectivity index (χ1) is 12.0. The van der Waals surface area contributed by atoms with Crippen molar-refractivity contribution in [2.24, 2.45) is 5.92 Å². The molecule has 3 heterocycles. The Morgan fingerprint density at radius 2 is 2.28 bits per heavy atom. The highest BCUT2D eigenvalue weighted by Crippen LogP contribution is 2.20. The number of aromatic nitrogens is 2. The van der Waals surface area contributed by atoms with Gasteiger partial charge in [0.2, 0.25) is 5.91 Å². The highest BCUT2D eigenvalue weighted by Gasteiger charge is 2.26. The van der Waals surface area contributed by atoms with Crippen molar-refractivity contribution >= 4 is 27.5 Å². The van der Waals surface area contributed by atoms with Gasteiger partial charge in [-0.3, -0.25) is 9.69 Å². The number of nitrogens with one attached hydrogen (secondary N) is 1. The summed E-state index contributed by atoms with van der Waals surface area (Å²) >= 11 is 3.49. The van der Waals surface area contributed by atoms with Crippen LogP contribution in [0.4, 0.5) is 0 Å². The van der Waals surface area contributed by atoms with Gasteiger partial charge in [0.1, 0.15) is 5.65 Å². The number of carbonyl (C=O) groups excluding carboxylic acids is 1. The van der Waals surface area contributed by atoms with E-state index < -0.39 is 0 Å². The number of amides is 1. The molecule has 0 aromatic carbocycles. The Morgan fingerprint density at radius 1 is 1.44 bits per heavy atom. The number of imidazole rings is 1. The molecule has 3 rings (SSSR count). The quantitative estimate of drug-likeness (QED) is 0.796. The van der Waals surface area contributed by atoms with Crippen LogP contribution in [0.15, 0.2) is 29.0 Å². The number of fused-ring (bicyclic) bond motifs is 1. The fraction of sp³-hybridized carbons (Fsp3) is 0.579. The molecule has 1 saturated heterocycles. The molecular formula is C19H27BrN4O. The molecule has 25 heavy (non-hydrogen) atoms. The Hall–Kier alpha value is -1.40. The van der Waals surface area contributed by atoms with Gasteiger partial charge >= 0.3 is 0 Å². The highest BCUT2D eigenvalue weighted by molar-refractivity contribution is 9.10. The molecule has 2 unspecified atom stereocenters. The molecule has 0 radical (unpaired) electrons. The molecule has 1 aliphatic heterocycles. The van der Waals surface area contributed by atoms with Gasteiger partial charge in [-0.2, -0.15) is 0 Å². The summed E-state index contributed by atoms with van der Waals surface area (Å²) in [6.07, 6.45) is 8.29. The largest absolute Gasteiger partial charge is 0.353 e. The molecule has 0 spiro atoms. The number of carbonyl (C=O) groups is 1. The average Bonchev–Trinajstić information content (AvgIpc) is 2.96. The lowest BCUT2D eigenvalue weighted by atomic mass is 9.96. The lowest BCUT2D eigenvalue weighted by Crippen LogP contribution is -2.45. The van der Waals surface area contributed by atoms with Crippen molar-refractivity contribution in [1.29, 1.82) is 0 Å². The smallest absolute Gasteiger partial charge is 0.224 e. The number of hydrogen-bond acceptors (Lipinski definition) is 3. The summed E-state index contributed by atoms with van der Waals surface area (Å²) in [5, 5.41) is 3.17. The van der Waals surface area contributed by atoms with Crippen LogP contribution in [-0.2, 0) is 11.3 Å². The summed E-state index contributed by atoms with van der Waals surface area (Å²) in [4.78, 5) is 19.5. The fourth-order valence-corrected chi connectivity index (χ4v) is 3.95. The summed E-state index contributed by atoms with van der Waals surface area (Å²) < 4.78 is 3.08. The molecule has 1 fully saturated rings. The predicted molar refractivity (Wildman–Crippen MR) is 103 cm³/mol. The van der Waals surface area contributed by atoms with Gasteiger partial charge in [0.15, 0.2) is 0 Å². The van der Waals surface area contributed by atoms with Crippen LogP contribution in [-0.4, -0.2) is 39.3 Å². The second-order valence-corrected chi connectivity index (χ2v) is 8.03. The van der Waals surface area contributed by atoms with E-state index in [0.717, 1.165) is 61.1 Å². The van der Waals surface area contributed by atoms with Gasteiger partial charge in [-0.15, -0.1) is 0 Å². The van der Waals surface area contributed by atoms with E-state index in [0.29, 0.717) is 0 Å². The van der Waals surface area contributed by atoms with E-state index >= 15 is 0 Å². The number of hydrogen-bond donors (Lipinski definition) is 1. The van der Waals surface area contributed by atoms with Crippen LogP contribution in [0.5, 0.6) is 0 Å². The Bertz CT molecular complexity index is 729. The second kappa shape index (κ2) is 8.32. The molecule has 0 aliphatic carbocycles. The van der Waals surface area contributed by atoms with Gasteiger partial charge in [0.25, 0.3) is 0 Å². The third kappa shape index (κ3) is 4.82. The normalized spacial score (nSPS) is 19.9. The van der Waals surface area contributed by atoms with Crippen molar-refractivity contribution in [2.45, 2.75) is 52.1 Å². The monoisotopic (exact) mass is 406 g/mol. The molecule has 5 nitrogen and oxygen atoms in total. The van der Waals surface area contributed by atoms with Gasteiger partial charge in [0.05, 0.1) is 11.6 Å². The van der Waals surface area contributed by atoms with Gasteiger partial charge in [0, 0.05) is 36.0 Å². The molecular weight excluding hydrogens is 380 g/mol. The van der Waals surface area contributed by atoms with Crippen molar-refractivity contribution in [1.82, 2.24) is 19.6 Å². The predicted octanol–water partition coefficient (Wildman–Crippen LogP) is 3.61. The van der Waals surface area contributed by atoms with Crippen LogP contribution in [0.2, 0.25) is 0 Å². The van der Waals surface area contributed by atoms with Gasteiger partial charge in [-0.1, -0.05) is 13.3 Å². The maximum atomic E-state index is 12.5. The molecule has 0 saturated carbocycles. The first-order valence-electron chi connectivity index (χ1n) is 9.21. The Morgan fingerprint density at radius 3 is 3.08 bits per heavy atom. The summed E-state index contributed by atoms with van der Waals surface area (Å²) in [6, 6.07) is 4.28. The van der Waals surface area contributed by atoms with E-state index in [9.17, 15) is 4.79 Å². The molecule has 2 aromatic rings. The lowest BCUT2D eigenvalue weighted by Gasteiger charge is -2.32. The zero-order valence-corrected chi connectivity index (χ0v) is 16.6. The minimum atomic E-state index is 0.0965. The Labute approximate surface area is 157 Å². The molecule has 2 atom stereocenters.